The van der Waals surface area contributed by atoms with E-state index >= 15 is 0 Å². The molecule has 2 N–H and O–H groups in total. The molecule has 2 aromatic carbocycles. The number of benzene rings is 2. The van der Waals surface area contributed by atoms with E-state index in [0.29, 0.717) is 49.7 Å². The van der Waals surface area contributed by atoms with Crippen molar-refractivity contribution in [3.05, 3.63) is 76.3 Å². The van der Waals surface area contributed by atoms with Crippen molar-refractivity contribution in [2.24, 2.45) is 0 Å². The number of nitrogens with zero attached hydrogens (tertiary/aromatic N) is 3. The molecule has 212 valence electrons. The fourth-order valence-corrected chi connectivity index (χ4v) is 5.97. The summed E-state index contributed by atoms with van der Waals surface area (Å²) in [5, 5.41) is 6.49. The topological polar surface area (TPSA) is 97.6 Å². The van der Waals surface area contributed by atoms with Gasteiger partial charge in [0.25, 0.3) is 5.91 Å². The Bertz CT molecular complexity index is 1390. The predicted molar refractivity (Wildman–Crippen MR) is 155 cm³/mol. The first-order chi connectivity index (χ1) is 19.5. The molecule has 5 rings (SSSR count). The molecule has 0 radical (unpaired) electrons. The lowest BCUT2D eigenvalue weighted by atomic mass is 9.89. The summed E-state index contributed by atoms with van der Waals surface area (Å²) in [4.78, 5) is 43.2. The number of aromatic nitrogens is 2. The number of nitrogens with one attached hydrogen (secondary N) is 2. The Hall–Kier alpha value is -3.85. The highest BCUT2D eigenvalue weighted by molar-refractivity contribution is 5.99. The molecular formula is C31H39N5O4. The average Bonchev–Trinajstić information content (AvgIpc) is 3.29. The van der Waals surface area contributed by atoms with Gasteiger partial charge in [-0.15, -0.1) is 0 Å². The monoisotopic (exact) mass is 545 g/mol. The van der Waals surface area contributed by atoms with E-state index < -0.39 is 0 Å². The second kappa shape index (κ2) is 12.6. The molecule has 2 fully saturated rings. The third-order valence-corrected chi connectivity index (χ3v) is 8.03. The lowest BCUT2D eigenvalue weighted by Gasteiger charge is -2.34. The van der Waals surface area contributed by atoms with Crippen LogP contribution < -0.4 is 21.1 Å². The zero-order valence-electron chi connectivity index (χ0n) is 23.4. The minimum atomic E-state index is -0.256. The predicted octanol–water partition coefficient (Wildman–Crippen LogP) is 3.43. The van der Waals surface area contributed by atoms with E-state index in [0.717, 1.165) is 36.8 Å². The van der Waals surface area contributed by atoms with Gasteiger partial charge >= 0.3 is 5.69 Å². The molecule has 0 spiro atoms. The molecule has 1 aromatic heterocycles. The van der Waals surface area contributed by atoms with Gasteiger partial charge in [-0.25, -0.2) is 4.79 Å². The molecule has 2 heterocycles. The van der Waals surface area contributed by atoms with Crippen molar-refractivity contribution < 1.29 is 14.3 Å². The highest BCUT2D eigenvalue weighted by Gasteiger charge is 2.36. The Balaban J connectivity index is 1.73. The molecule has 3 aromatic rings. The first-order valence-electron chi connectivity index (χ1n) is 14.3. The first kappa shape index (κ1) is 27.7. The van der Waals surface area contributed by atoms with Gasteiger partial charge in [0.1, 0.15) is 11.4 Å². The summed E-state index contributed by atoms with van der Waals surface area (Å²) in [5.74, 6) is 0.515. The maximum atomic E-state index is 14.5. The first-order valence-corrected chi connectivity index (χ1v) is 14.3. The number of hydrogen-bond donors (Lipinski definition) is 2. The molecule has 9 nitrogen and oxygen atoms in total. The quantitative estimate of drug-likeness (QED) is 0.452. The van der Waals surface area contributed by atoms with Crippen LogP contribution in [0.4, 0.5) is 0 Å². The largest absolute Gasteiger partial charge is 0.497 e. The molecule has 1 saturated carbocycles. The zero-order chi connectivity index (χ0) is 28.1. The van der Waals surface area contributed by atoms with Gasteiger partial charge in [0.2, 0.25) is 5.91 Å². The van der Waals surface area contributed by atoms with Crippen LogP contribution in [0.15, 0.2) is 59.4 Å². The van der Waals surface area contributed by atoms with Gasteiger partial charge in [-0.2, -0.15) is 0 Å². The molecule has 2 aliphatic rings. The summed E-state index contributed by atoms with van der Waals surface area (Å²) in [6.07, 6.45) is 3.86. The highest BCUT2D eigenvalue weighted by Crippen LogP contribution is 2.35. The van der Waals surface area contributed by atoms with E-state index in [-0.39, 0.29) is 36.1 Å². The van der Waals surface area contributed by atoms with Crippen LogP contribution in [0.5, 0.6) is 5.75 Å². The van der Waals surface area contributed by atoms with E-state index in [1.807, 2.05) is 71.0 Å². The number of piperazine rings is 1. The molecule has 2 atom stereocenters. The van der Waals surface area contributed by atoms with Crippen molar-refractivity contribution >= 4 is 11.8 Å². The molecule has 1 aliphatic heterocycles. The third-order valence-electron chi connectivity index (χ3n) is 8.03. The minimum Gasteiger partial charge on any atom is -0.497 e. The number of carbonyl (C=O) groups excluding carboxylic acids is 2. The van der Waals surface area contributed by atoms with Crippen molar-refractivity contribution in [2.75, 3.05) is 33.3 Å². The number of hydrogen-bond acceptors (Lipinski definition) is 5. The number of amides is 2. The Kier molecular flexibility index (Phi) is 8.69. The van der Waals surface area contributed by atoms with Crippen LogP contribution in [-0.4, -0.2) is 65.2 Å². The minimum absolute atomic E-state index is 0.0286. The summed E-state index contributed by atoms with van der Waals surface area (Å²) in [6.45, 7) is 4.63. The number of carbonyl (C=O) groups is 2. The van der Waals surface area contributed by atoms with E-state index in [9.17, 15) is 14.4 Å². The normalized spacial score (nSPS) is 19.3. The van der Waals surface area contributed by atoms with Gasteiger partial charge < -0.3 is 20.3 Å². The highest BCUT2D eigenvalue weighted by atomic mass is 16.5. The smallest absolute Gasteiger partial charge is 0.329 e. The Morgan fingerprint density at radius 3 is 2.50 bits per heavy atom. The van der Waals surface area contributed by atoms with E-state index in [1.54, 1.807) is 11.7 Å². The lowest BCUT2D eigenvalue weighted by Crippen LogP contribution is -2.47. The zero-order valence-corrected chi connectivity index (χ0v) is 23.4. The van der Waals surface area contributed by atoms with Crippen LogP contribution in [0.25, 0.3) is 11.3 Å². The molecule has 1 unspecified atom stereocenters. The summed E-state index contributed by atoms with van der Waals surface area (Å²) in [5.41, 5.74) is 2.47. The van der Waals surface area contributed by atoms with Gasteiger partial charge in [0.15, 0.2) is 0 Å². The number of rotatable bonds is 8. The molecular weight excluding hydrogens is 506 g/mol. The van der Waals surface area contributed by atoms with Gasteiger partial charge in [0, 0.05) is 44.2 Å². The van der Waals surface area contributed by atoms with Crippen molar-refractivity contribution in [3.63, 3.8) is 0 Å². The number of imidazole rings is 1. The number of ether oxygens (including phenoxy) is 1. The van der Waals surface area contributed by atoms with Crippen LogP contribution in [0.1, 0.15) is 61.1 Å². The van der Waals surface area contributed by atoms with Crippen LogP contribution in [-0.2, 0) is 11.3 Å². The summed E-state index contributed by atoms with van der Waals surface area (Å²) < 4.78 is 8.88. The Labute approximate surface area is 235 Å². The Morgan fingerprint density at radius 2 is 1.77 bits per heavy atom. The molecule has 0 bridgehead atoms. The van der Waals surface area contributed by atoms with Crippen LogP contribution in [0, 0.1) is 0 Å². The van der Waals surface area contributed by atoms with Crippen molar-refractivity contribution in [1.29, 1.82) is 0 Å². The van der Waals surface area contributed by atoms with Gasteiger partial charge in [-0.1, -0.05) is 62.2 Å². The van der Waals surface area contributed by atoms with Gasteiger partial charge in [-0.3, -0.25) is 18.7 Å². The summed E-state index contributed by atoms with van der Waals surface area (Å²) >= 11 is 0. The van der Waals surface area contributed by atoms with Crippen LogP contribution in [0.2, 0.25) is 0 Å². The van der Waals surface area contributed by atoms with Gasteiger partial charge in [-0.05, 0) is 30.5 Å². The average molecular weight is 546 g/mol. The lowest BCUT2D eigenvalue weighted by molar-refractivity contribution is -0.122. The van der Waals surface area contributed by atoms with Crippen LogP contribution >= 0.6 is 0 Å². The maximum absolute atomic E-state index is 14.5. The third kappa shape index (κ3) is 5.70. The summed E-state index contributed by atoms with van der Waals surface area (Å²) in [6, 6.07) is 16.9. The molecule has 1 saturated heterocycles. The fraction of sp³-hybridized carbons (Fsp3) is 0.452. The SMILES string of the molecule is CCC(=O)N[C@H]1CCCCC1n1c(-c2ccccc2)c(C(=O)N2CCNCC2)n(Cc2cccc(OC)c2)c1=O. The standard InChI is InChI=1S/C31H39N5O4/c1-3-27(37)33-25-14-7-8-15-26(25)36-28(23-11-5-4-6-12-23)29(30(38)34-18-16-32-17-19-34)35(31(36)39)21-22-10-9-13-24(20-22)40-2/h4-6,9-13,20,25-26,32H,3,7-8,14-19,21H2,1-2H3,(H,33,37)/t25-,26?/m0/s1. The van der Waals surface area contributed by atoms with E-state index in [1.165, 1.54) is 0 Å². The molecule has 40 heavy (non-hydrogen) atoms. The summed E-state index contributed by atoms with van der Waals surface area (Å²) in [7, 11) is 1.61. The van der Waals surface area contributed by atoms with E-state index in [2.05, 4.69) is 10.6 Å². The second-order valence-electron chi connectivity index (χ2n) is 10.6. The van der Waals surface area contributed by atoms with E-state index in [4.69, 9.17) is 4.74 Å². The van der Waals surface area contributed by atoms with Crippen LogP contribution in [0.3, 0.4) is 0 Å². The molecule has 9 heteroatoms. The second-order valence-corrected chi connectivity index (χ2v) is 10.6. The molecule has 1 aliphatic carbocycles. The van der Waals surface area contributed by atoms with Crippen molar-refractivity contribution in [1.82, 2.24) is 24.7 Å². The maximum Gasteiger partial charge on any atom is 0.329 e. The van der Waals surface area contributed by atoms with Crippen molar-refractivity contribution in [2.45, 2.75) is 57.7 Å². The van der Waals surface area contributed by atoms with Crippen molar-refractivity contribution in [3.8, 4) is 17.0 Å². The molecule has 2 amide bonds. The number of methoxy groups -OCH3 is 1. The van der Waals surface area contributed by atoms with Gasteiger partial charge in [0.05, 0.1) is 25.4 Å². The fourth-order valence-electron chi connectivity index (χ4n) is 5.97. The Morgan fingerprint density at radius 1 is 1.02 bits per heavy atom.